The van der Waals surface area contributed by atoms with E-state index < -0.39 is 0 Å². The number of carbonyl (C=O) groups excluding carboxylic acids is 1. The normalized spacial score (nSPS) is 13.2. The number of nitrogens with one attached hydrogen (secondary N) is 1. The van der Waals surface area contributed by atoms with Gasteiger partial charge in [0, 0.05) is 25.3 Å². The SMILES string of the molecule is C=CCn1c(COc2ccccc2)nnc1SCC(=O)Nc1ccc(N2CCCC2)c(Cl)c1. The van der Waals surface area contributed by atoms with E-state index in [0.29, 0.717) is 28.2 Å². The van der Waals surface area contributed by atoms with Crippen LogP contribution in [0, 0.1) is 0 Å². The van der Waals surface area contributed by atoms with Gasteiger partial charge in [0.2, 0.25) is 5.91 Å². The fraction of sp³-hybridized carbons (Fsp3) is 0.292. The average molecular weight is 484 g/mol. The third kappa shape index (κ3) is 6.09. The van der Waals surface area contributed by atoms with Gasteiger partial charge in [-0.1, -0.05) is 47.6 Å². The Morgan fingerprint density at radius 1 is 1.18 bits per heavy atom. The van der Waals surface area contributed by atoms with Crippen molar-refractivity contribution >= 4 is 40.6 Å². The van der Waals surface area contributed by atoms with Gasteiger partial charge in [0.15, 0.2) is 11.0 Å². The first kappa shape index (κ1) is 23.2. The number of aromatic nitrogens is 3. The molecule has 172 valence electrons. The van der Waals surface area contributed by atoms with Crippen molar-refractivity contribution in [1.82, 2.24) is 14.8 Å². The lowest BCUT2D eigenvalue weighted by Crippen LogP contribution is -2.18. The maximum Gasteiger partial charge on any atom is 0.234 e. The Bertz CT molecular complexity index is 1100. The van der Waals surface area contributed by atoms with Crippen molar-refractivity contribution in [2.45, 2.75) is 31.1 Å². The lowest BCUT2D eigenvalue weighted by Gasteiger charge is -2.19. The molecule has 9 heteroatoms. The first-order valence-electron chi connectivity index (χ1n) is 10.8. The van der Waals surface area contributed by atoms with E-state index in [-0.39, 0.29) is 18.3 Å². The van der Waals surface area contributed by atoms with Gasteiger partial charge in [0.05, 0.1) is 16.5 Å². The number of carbonyl (C=O) groups is 1. The molecule has 0 unspecified atom stereocenters. The number of hydrogen-bond donors (Lipinski definition) is 1. The monoisotopic (exact) mass is 483 g/mol. The second-order valence-electron chi connectivity index (χ2n) is 7.60. The van der Waals surface area contributed by atoms with E-state index in [1.54, 1.807) is 12.1 Å². The van der Waals surface area contributed by atoms with Gasteiger partial charge in [-0.25, -0.2) is 0 Å². The van der Waals surface area contributed by atoms with E-state index in [0.717, 1.165) is 24.5 Å². The third-order valence-corrected chi connectivity index (χ3v) is 6.50. The van der Waals surface area contributed by atoms with E-state index in [2.05, 4.69) is 27.0 Å². The summed E-state index contributed by atoms with van der Waals surface area (Å²) in [5.74, 6) is 1.49. The molecule has 33 heavy (non-hydrogen) atoms. The van der Waals surface area contributed by atoms with E-state index >= 15 is 0 Å². The molecule has 0 spiro atoms. The summed E-state index contributed by atoms with van der Waals surface area (Å²) in [5.41, 5.74) is 1.70. The standard InChI is InChI=1S/C24H26ClN5O2S/c1-2-12-30-22(16-32-19-8-4-3-5-9-19)27-28-24(30)33-17-23(31)26-18-10-11-21(20(25)15-18)29-13-6-7-14-29/h2-5,8-11,15H,1,6-7,12-14,16-17H2,(H,26,31). The lowest BCUT2D eigenvalue weighted by molar-refractivity contribution is -0.113. The number of allylic oxidation sites excluding steroid dienone is 1. The molecule has 0 saturated carbocycles. The van der Waals surface area contributed by atoms with Crippen LogP contribution in [0.4, 0.5) is 11.4 Å². The van der Waals surface area contributed by atoms with Gasteiger partial charge >= 0.3 is 0 Å². The summed E-state index contributed by atoms with van der Waals surface area (Å²) in [6.45, 7) is 6.65. The lowest BCUT2D eigenvalue weighted by atomic mass is 10.2. The molecule has 1 amide bonds. The molecule has 7 nitrogen and oxygen atoms in total. The maximum atomic E-state index is 12.5. The molecule has 1 N–H and O–H groups in total. The van der Waals surface area contributed by atoms with Crippen molar-refractivity contribution in [1.29, 1.82) is 0 Å². The number of rotatable bonds is 10. The minimum atomic E-state index is -0.139. The molecule has 2 aromatic carbocycles. The van der Waals surface area contributed by atoms with Gasteiger partial charge in [-0.3, -0.25) is 9.36 Å². The van der Waals surface area contributed by atoms with Crippen LogP contribution in [0.15, 0.2) is 66.3 Å². The Kier molecular flexibility index (Phi) is 7.91. The van der Waals surface area contributed by atoms with Crippen molar-refractivity contribution in [3.8, 4) is 5.75 Å². The Hall–Kier alpha value is -2.97. The first-order chi connectivity index (χ1) is 16.1. The van der Waals surface area contributed by atoms with E-state index in [9.17, 15) is 4.79 Å². The van der Waals surface area contributed by atoms with Gasteiger partial charge in [0.1, 0.15) is 12.4 Å². The molecule has 1 aliphatic rings. The number of nitrogens with zero attached hydrogens (tertiary/aromatic N) is 4. The minimum absolute atomic E-state index is 0.139. The van der Waals surface area contributed by atoms with Crippen molar-refractivity contribution < 1.29 is 9.53 Å². The largest absolute Gasteiger partial charge is 0.486 e. The smallest absolute Gasteiger partial charge is 0.234 e. The predicted molar refractivity (Wildman–Crippen MR) is 133 cm³/mol. The van der Waals surface area contributed by atoms with Gasteiger partial charge in [-0.05, 0) is 43.2 Å². The number of benzene rings is 2. The number of anilines is 2. The van der Waals surface area contributed by atoms with Crippen LogP contribution in [0.25, 0.3) is 0 Å². The van der Waals surface area contributed by atoms with Crippen LogP contribution >= 0.6 is 23.4 Å². The number of ether oxygens (including phenoxy) is 1. The summed E-state index contributed by atoms with van der Waals surface area (Å²) in [6.07, 6.45) is 4.13. The van der Waals surface area contributed by atoms with E-state index in [1.165, 1.54) is 24.6 Å². The van der Waals surface area contributed by atoms with E-state index in [1.807, 2.05) is 47.0 Å². The molecule has 2 heterocycles. The van der Waals surface area contributed by atoms with Crippen LogP contribution in [0.1, 0.15) is 18.7 Å². The molecule has 1 saturated heterocycles. The summed E-state index contributed by atoms with van der Waals surface area (Å²) in [5, 5.41) is 12.7. The molecular weight excluding hydrogens is 458 g/mol. The number of hydrogen-bond acceptors (Lipinski definition) is 6. The fourth-order valence-corrected chi connectivity index (χ4v) is 4.70. The number of para-hydroxylation sites is 1. The topological polar surface area (TPSA) is 72.3 Å². The highest BCUT2D eigenvalue weighted by Crippen LogP contribution is 2.31. The van der Waals surface area contributed by atoms with Gasteiger partial charge in [-0.2, -0.15) is 0 Å². The molecule has 1 aliphatic heterocycles. The zero-order valence-electron chi connectivity index (χ0n) is 18.2. The minimum Gasteiger partial charge on any atom is -0.486 e. The van der Waals surface area contributed by atoms with Crippen molar-refractivity contribution in [2.24, 2.45) is 0 Å². The van der Waals surface area contributed by atoms with Crippen molar-refractivity contribution in [3.63, 3.8) is 0 Å². The van der Waals surface area contributed by atoms with Gasteiger partial charge < -0.3 is 15.0 Å². The fourth-order valence-electron chi connectivity index (χ4n) is 3.64. The first-order valence-corrected chi connectivity index (χ1v) is 12.2. The Labute approximate surface area is 202 Å². The highest BCUT2D eigenvalue weighted by Gasteiger charge is 2.17. The van der Waals surface area contributed by atoms with Crippen molar-refractivity contribution in [2.75, 3.05) is 29.1 Å². The molecule has 0 aliphatic carbocycles. The molecule has 1 fully saturated rings. The van der Waals surface area contributed by atoms with Crippen LogP contribution < -0.4 is 15.0 Å². The maximum absolute atomic E-state index is 12.5. The second kappa shape index (κ2) is 11.2. The van der Waals surface area contributed by atoms with Crippen LogP contribution in [0.2, 0.25) is 5.02 Å². The summed E-state index contributed by atoms with van der Waals surface area (Å²) in [6, 6.07) is 15.2. The predicted octanol–water partition coefficient (Wildman–Crippen LogP) is 5.03. The second-order valence-corrected chi connectivity index (χ2v) is 8.95. The van der Waals surface area contributed by atoms with Crippen molar-refractivity contribution in [3.05, 3.63) is 72.0 Å². The number of amides is 1. The van der Waals surface area contributed by atoms with E-state index in [4.69, 9.17) is 16.3 Å². The molecular formula is C24H26ClN5O2S. The summed E-state index contributed by atoms with van der Waals surface area (Å²) >= 11 is 7.77. The molecule has 3 aromatic rings. The van der Waals surface area contributed by atoms with Crippen LogP contribution in [-0.4, -0.2) is 39.5 Å². The molecule has 0 bridgehead atoms. The van der Waals surface area contributed by atoms with Gasteiger partial charge in [-0.15, -0.1) is 16.8 Å². The van der Waals surface area contributed by atoms with Crippen LogP contribution in [0.5, 0.6) is 5.75 Å². The third-order valence-electron chi connectivity index (χ3n) is 5.23. The summed E-state index contributed by atoms with van der Waals surface area (Å²) in [7, 11) is 0. The number of halogens is 1. The summed E-state index contributed by atoms with van der Waals surface area (Å²) < 4.78 is 7.69. The zero-order valence-corrected chi connectivity index (χ0v) is 19.8. The molecule has 1 aromatic heterocycles. The Morgan fingerprint density at radius 2 is 1.97 bits per heavy atom. The highest BCUT2D eigenvalue weighted by atomic mass is 35.5. The molecule has 4 rings (SSSR count). The molecule has 0 atom stereocenters. The van der Waals surface area contributed by atoms with Gasteiger partial charge in [0.25, 0.3) is 0 Å². The quantitative estimate of drug-likeness (QED) is 0.322. The van der Waals surface area contributed by atoms with Crippen LogP contribution in [-0.2, 0) is 17.9 Å². The average Bonchev–Trinajstić information content (AvgIpc) is 3.48. The van der Waals surface area contributed by atoms with Crippen LogP contribution in [0.3, 0.4) is 0 Å². The Balaban J connectivity index is 1.34. The Morgan fingerprint density at radius 3 is 2.70 bits per heavy atom. The zero-order chi connectivity index (χ0) is 23.0. The number of thioether (sulfide) groups is 1. The summed E-state index contributed by atoms with van der Waals surface area (Å²) in [4.78, 5) is 14.8. The highest BCUT2D eigenvalue weighted by molar-refractivity contribution is 7.99. The molecule has 0 radical (unpaired) electrons.